The van der Waals surface area contributed by atoms with Crippen LogP contribution in [0.2, 0.25) is 10.0 Å². The molecular weight excluding hydrogens is 365 g/mol. The summed E-state index contributed by atoms with van der Waals surface area (Å²) in [7, 11) is 1.57. The van der Waals surface area contributed by atoms with Gasteiger partial charge in [0.05, 0.1) is 24.1 Å². The summed E-state index contributed by atoms with van der Waals surface area (Å²) in [4.78, 5) is 25.1. The molecule has 3 aromatic rings. The van der Waals surface area contributed by atoms with Gasteiger partial charge >= 0.3 is 0 Å². The number of H-pyrrole nitrogens is 1. The van der Waals surface area contributed by atoms with Crippen LogP contribution in [0.15, 0.2) is 33.9 Å². The minimum Gasteiger partial charge on any atom is -0.383 e. The number of pyridine rings is 1. The number of ether oxygens (including phenoxy) is 1. The van der Waals surface area contributed by atoms with Crippen molar-refractivity contribution in [3.8, 4) is 0 Å². The Morgan fingerprint density at radius 1 is 1.20 bits per heavy atom. The van der Waals surface area contributed by atoms with Gasteiger partial charge in [-0.1, -0.05) is 23.2 Å². The summed E-state index contributed by atoms with van der Waals surface area (Å²) in [5.41, 5.74) is 1.43. The third-order valence-electron chi connectivity index (χ3n) is 4.14. The zero-order chi connectivity index (χ0) is 18.1. The normalized spacial score (nSPS) is 11.4. The first kappa shape index (κ1) is 17.8. The molecule has 1 aromatic carbocycles. The Hall–Kier alpha value is -2.02. The van der Waals surface area contributed by atoms with Crippen LogP contribution in [0.1, 0.15) is 11.3 Å². The molecule has 25 heavy (non-hydrogen) atoms. The first-order valence-corrected chi connectivity index (χ1v) is 8.43. The van der Waals surface area contributed by atoms with E-state index in [9.17, 15) is 9.59 Å². The van der Waals surface area contributed by atoms with Crippen molar-refractivity contribution in [1.29, 1.82) is 0 Å². The minimum absolute atomic E-state index is 0.184. The predicted molar refractivity (Wildman–Crippen MR) is 99.0 cm³/mol. The highest BCUT2D eigenvalue weighted by atomic mass is 35.5. The summed E-state index contributed by atoms with van der Waals surface area (Å²) in [5, 5.41) is 4.52. The molecule has 3 rings (SSSR count). The molecule has 0 fully saturated rings. The highest BCUT2D eigenvalue weighted by Gasteiger charge is 2.15. The standard InChI is InChI=1S/C17H17Cl2N3O3/c1-10-16-14(8-15(23)21(10)5-6-25-2)20-22(17(16)24)9-11-7-12(18)3-4-13(11)19/h3-4,7-8,20H,5-6,9H2,1-2H3. The second-order valence-electron chi connectivity index (χ2n) is 5.74. The molecule has 2 heterocycles. The summed E-state index contributed by atoms with van der Waals surface area (Å²) in [6.07, 6.45) is 0. The van der Waals surface area contributed by atoms with E-state index in [-0.39, 0.29) is 17.7 Å². The first-order chi connectivity index (χ1) is 11.9. The zero-order valence-corrected chi connectivity index (χ0v) is 15.3. The molecule has 0 unspecified atom stereocenters. The van der Waals surface area contributed by atoms with Gasteiger partial charge in [-0.2, -0.15) is 0 Å². The van der Waals surface area contributed by atoms with Crippen molar-refractivity contribution in [2.45, 2.75) is 20.0 Å². The van der Waals surface area contributed by atoms with Crippen molar-refractivity contribution >= 4 is 34.1 Å². The van der Waals surface area contributed by atoms with Crippen molar-refractivity contribution in [3.63, 3.8) is 0 Å². The Labute approximate surface area is 153 Å². The lowest BCUT2D eigenvalue weighted by atomic mass is 10.2. The molecule has 6 nitrogen and oxygen atoms in total. The van der Waals surface area contributed by atoms with Gasteiger partial charge in [0.15, 0.2) is 0 Å². The first-order valence-electron chi connectivity index (χ1n) is 7.68. The smallest absolute Gasteiger partial charge is 0.276 e. The molecule has 132 valence electrons. The Morgan fingerprint density at radius 2 is 1.96 bits per heavy atom. The van der Waals surface area contributed by atoms with E-state index in [2.05, 4.69) is 5.10 Å². The van der Waals surface area contributed by atoms with Crippen LogP contribution in [-0.4, -0.2) is 28.1 Å². The largest absolute Gasteiger partial charge is 0.383 e. The maximum atomic E-state index is 12.8. The van der Waals surface area contributed by atoms with Gasteiger partial charge in [-0.3, -0.25) is 14.7 Å². The van der Waals surface area contributed by atoms with Gasteiger partial charge in [-0.15, -0.1) is 0 Å². The van der Waals surface area contributed by atoms with Crippen LogP contribution in [0, 0.1) is 6.92 Å². The van der Waals surface area contributed by atoms with Crippen molar-refractivity contribution in [2.24, 2.45) is 0 Å². The van der Waals surface area contributed by atoms with Crippen molar-refractivity contribution in [2.75, 3.05) is 13.7 Å². The Bertz CT molecular complexity index is 1050. The highest BCUT2D eigenvalue weighted by Crippen LogP contribution is 2.21. The molecule has 0 spiro atoms. The second kappa shape index (κ2) is 7.07. The van der Waals surface area contributed by atoms with E-state index >= 15 is 0 Å². The molecule has 1 N–H and O–H groups in total. The van der Waals surface area contributed by atoms with Gasteiger partial charge in [0.25, 0.3) is 11.1 Å². The van der Waals surface area contributed by atoms with Crippen LogP contribution in [-0.2, 0) is 17.8 Å². The maximum absolute atomic E-state index is 12.8. The number of hydrogen-bond acceptors (Lipinski definition) is 3. The Morgan fingerprint density at radius 3 is 2.68 bits per heavy atom. The molecular formula is C17H17Cl2N3O3. The van der Waals surface area contributed by atoms with Crippen LogP contribution < -0.4 is 11.1 Å². The molecule has 0 radical (unpaired) electrons. The fourth-order valence-electron chi connectivity index (χ4n) is 2.86. The van der Waals surface area contributed by atoms with Gasteiger partial charge < -0.3 is 9.30 Å². The second-order valence-corrected chi connectivity index (χ2v) is 6.58. The number of fused-ring (bicyclic) bond motifs is 1. The lowest BCUT2D eigenvalue weighted by Crippen LogP contribution is -2.25. The van der Waals surface area contributed by atoms with Gasteiger partial charge in [0.2, 0.25) is 0 Å². The monoisotopic (exact) mass is 381 g/mol. The number of nitrogens with zero attached hydrogens (tertiary/aromatic N) is 2. The van der Waals surface area contributed by atoms with Crippen LogP contribution in [0.5, 0.6) is 0 Å². The summed E-state index contributed by atoms with van der Waals surface area (Å²) in [6.45, 7) is 2.77. The highest BCUT2D eigenvalue weighted by molar-refractivity contribution is 6.33. The number of halogens is 2. The number of aryl methyl sites for hydroxylation is 1. The van der Waals surface area contributed by atoms with Gasteiger partial charge in [0.1, 0.15) is 0 Å². The van der Waals surface area contributed by atoms with Crippen LogP contribution in [0.4, 0.5) is 0 Å². The summed E-state index contributed by atoms with van der Waals surface area (Å²) in [6, 6.07) is 6.52. The van der Waals surface area contributed by atoms with Crippen LogP contribution in [0.3, 0.4) is 0 Å². The number of hydrogen-bond donors (Lipinski definition) is 1. The minimum atomic E-state index is -0.213. The zero-order valence-electron chi connectivity index (χ0n) is 13.8. The van der Waals surface area contributed by atoms with Crippen LogP contribution >= 0.6 is 23.2 Å². The van der Waals surface area contributed by atoms with Gasteiger partial charge in [-0.05, 0) is 30.7 Å². The van der Waals surface area contributed by atoms with E-state index < -0.39 is 0 Å². The maximum Gasteiger partial charge on any atom is 0.276 e. The molecule has 8 heteroatoms. The lowest BCUT2D eigenvalue weighted by Gasteiger charge is -2.08. The summed E-state index contributed by atoms with van der Waals surface area (Å²) < 4.78 is 7.99. The van der Waals surface area contributed by atoms with Crippen molar-refractivity contribution < 1.29 is 4.74 Å². The third-order valence-corrected chi connectivity index (χ3v) is 4.74. The molecule has 0 aliphatic heterocycles. The molecule has 2 aromatic heterocycles. The van der Waals surface area contributed by atoms with E-state index in [1.807, 2.05) is 0 Å². The molecule has 0 saturated heterocycles. The number of aromatic nitrogens is 3. The van der Waals surface area contributed by atoms with Gasteiger partial charge in [-0.25, -0.2) is 4.68 Å². The predicted octanol–water partition coefficient (Wildman–Crippen LogP) is 2.80. The Kier molecular flexibility index (Phi) is 5.03. The van der Waals surface area contributed by atoms with E-state index in [0.717, 1.165) is 5.56 Å². The van der Waals surface area contributed by atoms with E-state index in [4.69, 9.17) is 27.9 Å². The number of methoxy groups -OCH3 is 1. The molecule has 0 bridgehead atoms. The number of aromatic amines is 1. The topological polar surface area (TPSA) is 69.0 Å². The fourth-order valence-corrected chi connectivity index (χ4v) is 3.24. The van der Waals surface area contributed by atoms with Crippen LogP contribution in [0.25, 0.3) is 10.9 Å². The lowest BCUT2D eigenvalue weighted by molar-refractivity contribution is 0.185. The number of nitrogens with one attached hydrogen (secondary N) is 1. The molecule has 0 atom stereocenters. The Balaban J connectivity index is 2.11. The quantitative estimate of drug-likeness (QED) is 0.738. The number of rotatable bonds is 5. The SMILES string of the molecule is COCCn1c(C)c2c(=O)n(Cc3cc(Cl)ccc3Cl)[nH]c2cc1=O. The molecule has 0 aliphatic rings. The summed E-state index contributed by atoms with van der Waals surface area (Å²) in [5.74, 6) is 0. The average Bonchev–Trinajstić information content (AvgIpc) is 2.86. The van der Waals surface area contributed by atoms with E-state index in [1.165, 1.54) is 15.3 Å². The van der Waals surface area contributed by atoms with Crippen molar-refractivity contribution in [1.82, 2.24) is 14.3 Å². The van der Waals surface area contributed by atoms with Gasteiger partial charge in [0, 0.05) is 35.5 Å². The number of benzene rings is 1. The van der Waals surface area contributed by atoms with E-state index in [1.54, 1.807) is 32.2 Å². The fraction of sp³-hybridized carbons (Fsp3) is 0.294. The van der Waals surface area contributed by atoms with E-state index in [0.29, 0.717) is 39.8 Å². The average molecular weight is 382 g/mol. The molecule has 0 amide bonds. The molecule has 0 saturated carbocycles. The summed E-state index contributed by atoms with van der Waals surface area (Å²) >= 11 is 12.2. The van der Waals surface area contributed by atoms with Crippen molar-refractivity contribution in [3.05, 3.63) is 66.3 Å². The third kappa shape index (κ3) is 3.38. The molecule has 0 aliphatic carbocycles.